The largest absolute Gasteiger partial charge is 0.347 e. The van der Waals surface area contributed by atoms with Gasteiger partial charge in [0.2, 0.25) is 17.1 Å². The van der Waals surface area contributed by atoms with Gasteiger partial charge in [0.1, 0.15) is 0 Å². The Morgan fingerprint density at radius 2 is 1.27 bits per heavy atom. The number of hydrogen-bond acceptors (Lipinski definition) is 2. The highest BCUT2D eigenvalue weighted by atomic mass is 15.2. The van der Waals surface area contributed by atoms with E-state index in [0.717, 1.165) is 19.3 Å². The van der Waals surface area contributed by atoms with Gasteiger partial charge in [-0.15, -0.1) is 0 Å². The number of allylic oxidation sites excluding steroid dienone is 11. The van der Waals surface area contributed by atoms with Crippen molar-refractivity contribution in [2.75, 3.05) is 19.0 Å². The van der Waals surface area contributed by atoms with Crippen molar-refractivity contribution in [3.05, 3.63) is 160 Å². The van der Waals surface area contributed by atoms with Gasteiger partial charge in [-0.3, -0.25) is 0 Å². The number of hydrogen-bond donors (Lipinski definition) is 0. The molecule has 2 fully saturated rings. The maximum atomic E-state index is 2.49. The standard InChI is InChI=1S/C45H50N3/c1-31-19-25-39-37(29-31)44(3,4)41(46(39)7)27-23-33-21-22-34(24-28-42-45(5,6)38-30-32(2)20-26-40(38)47(42)8)43(33)48(35-15-11-9-12-16-35)36-17-13-10-14-18-36/h9-19,23-30,32H,20-22H2,1-8H3/q+1. The number of aryl methyl sites for hydroxylation is 1. The van der Waals surface area contributed by atoms with E-state index in [1.165, 1.54) is 67.7 Å². The van der Waals surface area contributed by atoms with Crippen molar-refractivity contribution in [1.29, 1.82) is 0 Å². The molecule has 0 aromatic heterocycles. The van der Waals surface area contributed by atoms with E-state index in [1.54, 1.807) is 0 Å². The minimum atomic E-state index is -0.0795. The Labute approximate surface area is 288 Å². The smallest absolute Gasteiger partial charge is 0.218 e. The maximum Gasteiger partial charge on any atom is 0.218 e. The summed E-state index contributed by atoms with van der Waals surface area (Å²) in [5, 5.41) is 0. The van der Waals surface area contributed by atoms with Crippen LogP contribution < -0.4 is 9.48 Å². The molecule has 3 aromatic rings. The molecule has 0 amide bonds. The van der Waals surface area contributed by atoms with Crippen molar-refractivity contribution < 1.29 is 0 Å². The maximum absolute atomic E-state index is 2.49. The summed E-state index contributed by atoms with van der Waals surface area (Å²) in [6.45, 7) is 14.0. The fraction of sp³-hybridized carbons (Fsp3) is 0.311. The zero-order valence-electron chi connectivity index (χ0n) is 30.0. The summed E-state index contributed by atoms with van der Waals surface area (Å²) in [6, 6.07) is 28.6. The number of nitrogens with zero attached hydrogens (tertiary/aromatic N) is 3. The molecule has 244 valence electrons. The third kappa shape index (κ3) is 5.34. The molecule has 0 bridgehead atoms. The number of likely N-dealkylation sites (tertiary alicyclic amines) is 1. The van der Waals surface area contributed by atoms with Crippen molar-refractivity contribution in [3.63, 3.8) is 0 Å². The summed E-state index contributed by atoms with van der Waals surface area (Å²) in [5.41, 5.74) is 15.8. The summed E-state index contributed by atoms with van der Waals surface area (Å²) in [7, 11) is 4.46. The minimum Gasteiger partial charge on any atom is -0.347 e. The third-order valence-corrected chi connectivity index (χ3v) is 11.0. The van der Waals surface area contributed by atoms with Crippen LogP contribution in [0, 0.1) is 18.3 Å². The van der Waals surface area contributed by atoms with Crippen LogP contribution in [-0.4, -0.2) is 24.7 Å². The lowest BCUT2D eigenvalue weighted by molar-refractivity contribution is 0.468. The van der Waals surface area contributed by atoms with E-state index in [0.29, 0.717) is 5.92 Å². The van der Waals surface area contributed by atoms with E-state index in [1.807, 2.05) is 0 Å². The number of para-hydroxylation sites is 2. The predicted molar refractivity (Wildman–Crippen MR) is 205 cm³/mol. The van der Waals surface area contributed by atoms with Gasteiger partial charge in [0.15, 0.2) is 0 Å². The van der Waals surface area contributed by atoms with Crippen LogP contribution in [0.3, 0.4) is 0 Å². The summed E-state index contributed by atoms with van der Waals surface area (Å²) in [4.78, 5) is 4.81. The van der Waals surface area contributed by atoms with Crippen molar-refractivity contribution >= 4 is 22.8 Å². The van der Waals surface area contributed by atoms with Crippen LogP contribution in [0.15, 0.2) is 149 Å². The van der Waals surface area contributed by atoms with Gasteiger partial charge in [0.25, 0.3) is 0 Å². The predicted octanol–water partition coefficient (Wildman–Crippen LogP) is 10.9. The highest BCUT2D eigenvalue weighted by Gasteiger charge is 2.43. The number of benzene rings is 3. The Hall–Kier alpha value is -4.63. The Bertz CT molecular complexity index is 1930. The zero-order chi connectivity index (χ0) is 33.8. The molecule has 2 aliphatic heterocycles. The second-order valence-corrected chi connectivity index (χ2v) is 15.1. The summed E-state index contributed by atoms with van der Waals surface area (Å²) < 4.78 is 2.47. The van der Waals surface area contributed by atoms with Crippen molar-refractivity contribution in [2.24, 2.45) is 11.3 Å². The highest BCUT2D eigenvalue weighted by Crippen LogP contribution is 2.51. The molecule has 0 N–H and O–H groups in total. The number of likely N-dealkylation sites (N-methyl/N-ethyl adjacent to an activating group) is 2. The molecule has 1 saturated heterocycles. The fourth-order valence-electron chi connectivity index (χ4n) is 8.39. The normalized spacial score (nSPS) is 24.4. The van der Waals surface area contributed by atoms with Crippen LogP contribution in [0.2, 0.25) is 0 Å². The molecule has 1 unspecified atom stereocenters. The molecule has 1 saturated carbocycles. The lowest BCUT2D eigenvalue weighted by Crippen LogP contribution is -2.23. The molecule has 3 heteroatoms. The van der Waals surface area contributed by atoms with Crippen LogP contribution in [-0.2, 0) is 5.41 Å². The van der Waals surface area contributed by atoms with E-state index < -0.39 is 0 Å². The van der Waals surface area contributed by atoms with E-state index in [4.69, 9.17) is 0 Å². The van der Waals surface area contributed by atoms with Gasteiger partial charge < -0.3 is 9.80 Å². The lowest BCUT2D eigenvalue weighted by atomic mass is 9.79. The summed E-state index contributed by atoms with van der Waals surface area (Å²) in [5.74, 6) is 0.580. The van der Waals surface area contributed by atoms with Crippen molar-refractivity contribution in [2.45, 2.75) is 66.2 Å². The van der Waals surface area contributed by atoms with E-state index in [2.05, 4.69) is 185 Å². The molecule has 2 heterocycles. The quantitative estimate of drug-likeness (QED) is 0.265. The lowest BCUT2D eigenvalue weighted by Gasteiger charge is -2.24. The number of anilines is 1. The van der Waals surface area contributed by atoms with Crippen LogP contribution in [0.25, 0.3) is 0 Å². The topological polar surface area (TPSA) is 9.49 Å². The van der Waals surface area contributed by atoms with Gasteiger partial charge >= 0.3 is 0 Å². The molecule has 7 rings (SSSR count). The van der Waals surface area contributed by atoms with Gasteiger partial charge in [0.05, 0.1) is 0 Å². The zero-order valence-corrected chi connectivity index (χ0v) is 30.0. The molecule has 3 aromatic carbocycles. The molecule has 1 atom stereocenters. The van der Waals surface area contributed by atoms with Gasteiger partial charge in [0, 0.05) is 83.1 Å². The SMILES string of the molecule is Cc1ccc2c(c1)C(C)(C)/C(=C\C=C1/CCC(=CC=C3N(C)C4=CCC(C)C=C4C3(C)C)C1=[N+](c1ccccc1)c1ccccc1)N2C. The summed E-state index contributed by atoms with van der Waals surface area (Å²) in [6.07, 6.45) is 17.6. The van der Waals surface area contributed by atoms with Gasteiger partial charge in [-0.25, -0.2) is 0 Å². The van der Waals surface area contributed by atoms with Gasteiger partial charge in [-0.2, -0.15) is 4.58 Å². The average Bonchev–Trinajstić information content (AvgIpc) is 3.61. The second kappa shape index (κ2) is 12.1. The third-order valence-electron chi connectivity index (χ3n) is 11.0. The Kier molecular flexibility index (Phi) is 8.06. The summed E-state index contributed by atoms with van der Waals surface area (Å²) >= 11 is 0. The molecule has 48 heavy (non-hydrogen) atoms. The Balaban J connectivity index is 1.40. The molecular formula is C45H50N3+. The van der Waals surface area contributed by atoms with Gasteiger partial charge in [-0.05, 0) is 61.5 Å². The second-order valence-electron chi connectivity index (χ2n) is 15.1. The van der Waals surface area contributed by atoms with Crippen LogP contribution in [0.1, 0.15) is 65.0 Å². The Morgan fingerprint density at radius 1 is 0.708 bits per heavy atom. The van der Waals surface area contributed by atoms with Crippen LogP contribution >= 0.6 is 0 Å². The fourth-order valence-corrected chi connectivity index (χ4v) is 8.39. The molecule has 4 aliphatic rings. The van der Waals surface area contributed by atoms with Crippen LogP contribution in [0.5, 0.6) is 0 Å². The molecule has 2 aliphatic carbocycles. The van der Waals surface area contributed by atoms with E-state index >= 15 is 0 Å². The van der Waals surface area contributed by atoms with Crippen molar-refractivity contribution in [1.82, 2.24) is 9.48 Å². The van der Waals surface area contributed by atoms with Gasteiger partial charge in [-0.1, -0.05) is 113 Å². The Morgan fingerprint density at radius 3 is 1.85 bits per heavy atom. The first-order chi connectivity index (χ1) is 23.0. The molecular weight excluding hydrogens is 583 g/mol. The number of fused-ring (bicyclic) bond motifs is 2. The molecule has 0 spiro atoms. The van der Waals surface area contributed by atoms with E-state index in [9.17, 15) is 0 Å². The first kappa shape index (κ1) is 31.9. The molecule has 0 radical (unpaired) electrons. The minimum absolute atomic E-state index is 0.0429. The first-order valence-corrected chi connectivity index (χ1v) is 17.6. The van der Waals surface area contributed by atoms with Crippen molar-refractivity contribution in [3.8, 4) is 0 Å². The molecule has 3 nitrogen and oxygen atoms in total. The average molecular weight is 633 g/mol. The first-order valence-electron chi connectivity index (χ1n) is 17.6. The number of rotatable bonds is 4. The van der Waals surface area contributed by atoms with E-state index in [-0.39, 0.29) is 10.8 Å². The monoisotopic (exact) mass is 632 g/mol. The van der Waals surface area contributed by atoms with Crippen LogP contribution in [0.4, 0.5) is 17.1 Å². The highest BCUT2D eigenvalue weighted by molar-refractivity contribution is 6.17.